The third-order valence-corrected chi connectivity index (χ3v) is 5.09. The van der Waals surface area contributed by atoms with Gasteiger partial charge < -0.3 is 0 Å². The molecule has 0 spiro atoms. The maximum Gasteiger partial charge on any atom is 0.0975 e. The second-order valence-electron chi connectivity index (χ2n) is 5.23. The predicted octanol–water partition coefficient (Wildman–Crippen LogP) is 3.87. The monoisotopic (exact) mass is 317 g/mol. The van der Waals surface area contributed by atoms with Crippen molar-refractivity contribution in [3.8, 4) is 0 Å². The van der Waals surface area contributed by atoms with Crippen LogP contribution in [0.4, 0.5) is 0 Å². The number of nitrogens with one attached hydrogen (secondary N) is 1. The first-order valence-corrected chi connectivity index (χ1v) is 7.60. The standard InChI is InChI=1S/C13H20BrNOS/c1-9-8-11(6-7-12(9)14)10(2)15-17(16)13(3,4)5/h6-8,10,15H,1-5H3/t10-,17+/m0/s1. The fourth-order valence-electron chi connectivity index (χ4n) is 1.34. The highest BCUT2D eigenvalue weighted by atomic mass is 79.9. The number of aryl methyl sites for hydroxylation is 1. The normalized spacial score (nSPS) is 15.6. The summed E-state index contributed by atoms with van der Waals surface area (Å²) in [6.07, 6.45) is 0. The molecule has 0 saturated heterocycles. The van der Waals surface area contributed by atoms with E-state index in [1.54, 1.807) is 0 Å². The lowest BCUT2D eigenvalue weighted by Crippen LogP contribution is -2.34. The molecule has 4 heteroatoms. The molecule has 1 rings (SSSR count). The molecule has 0 bridgehead atoms. The van der Waals surface area contributed by atoms with Crippen LogP contribution < -0.4 is 4.72 Å². The second kappa shape index (κ2) is 5.63. The van der Waals surface area contributed by atoms with Crippen LogP contribution >= 0.6 is 15.9 Å². The third-order valence-electron chi connectivity index (χ3n) is 2.52. The molecular formula is C13H20BrNOS. The van der Waals surface area contributed by atoms with Gasteiger partial charge in [-0.1, -0.05) is 28.1 Å². The summed E-state index contributed by atoms with van der Waals surface area (Å²) >= 11 is 3.48. The third kappa shape index (κ3) is 4.19. The Morgan fingerprint density at radius 1 is 1.35 bits per heavy atom. The fraction of sp³-hybridized carbons (Fsp3) is 0.538. The Kier molecular flexibility index (Phi) is 4.93. The van der Waals surface area contributed by atoms with Crippen LogP contribution in [0.25, 0.3) is 0 Å². The van der Waals surface area contributed by atoms with E-state index in [2.05, 4.69) is 39.7 Å². The molecule has 2 nitrogen and oxygen atoms in total. The highest BCUT2D eigenvalue weighted by molar-refractivity contribution is 9.10. The van der Waals surface area contributed by atoms with Crippen LogP contribution in [0.5, 0.6) is 0 Å². The first kappa shape index (κ1) is 14.9. The van der Waals surface area contributed by atoms with Crippen molar-refractivity contribution in [1.82, 2.24) is 4.72 Å². The van der Waals surface area contributed by atoms with Gasteiger partial charge in [0.1, 0.15) is 0 Å². The lowest BCUT2D eigenvalue weighted by Gasteiger charge is -2.22. The molecule has 0 aliphatic rings. The molecule has 0 amide bonds. The molecule has 96 valence electrons. The topological polar surface area (TPSA) is 29.1 Å². The van der Waals surface area contributed by atoms with Gasteiger partial charge in [0, 0.05) is 10.5 Å². The van der Waals surface area contributed by atoms with Gasteiger partial charge >= 0.3 is 0 Å². The summed E-state index contributed by atoms with van der Waals surface area (Å²) < 4.78 is 16.0. The minimum atomic E-state index is -1.04. The van der Waals surface area contributed by atoms with Gasteiger partial charge in [0.05, 0.1) is 15.7 Å². The van der Waals surface area contributed by atoms with Crippen LogP contribution in [0, 0.1) is 6.92 Å². The van der Waals surface area contributed by atoms with E-state index in [0.29, 0.717) is 0 Å². The Bertz CT molecular complexity index is 426. The molecule has 1 aromatic carbocycles. The molecule has 0 unspecified atom stereocenters. The maximum absolute atomic E-state index is 12.0. The van der Waals surface area contributed by atoms with Crippen molar-refractivity contribution < 1.29 is 4.21 Å². The van der Waals surface area contributed by atoms with Crippen molar-refractivity contribution in [3.63, 3.8) is 0 Å². The average molecular weight is 318 g/mol. The molecular weight excluding hydrogens is 298 g/mol. The second-order valence-corrected chi connectivity index (χ2v) is 8.08. The van der Waals surface area contributed by atoms with E-state index in [9.17, 15) is 4.21 Å². The first-order valence-electron chi connectivity index (χ1n) is 5.66. The molecule has 0 radical (unpaired) electrons. The van der Waals surface area contributed by atoms with E-state index in [0.717, 1.165) is 10.0 Å². The lowest BCUT2D eigenvalue weighted by atomic mass is 10.1. The lowest BCUT2D eigenvalue weighted by molar-refractivity contribution is 0.616. The smallest absolute Gasteiger partial charge is 0.0975 e. The molecule has 1 aromatic rings. The Morgan fingerprint density at radius 3 is 2.41 bits per heavy atom. The van der Waals surface area contributed by atoms with E-state index in [-0.39, 0.29) is 10.8 Å². The SMILES string of the molecule is Cc1cc([C@H](C)N[S@](=O)C(C)(C)C)ccc1Br. The van der Waals surface area contributed by atoms with Crippen molar-refractivity contribution >= 4 is 26.9 Å². The van der Waals surface area contributed by atoms with Crippen molar-refractivity contribution in [2.24, 2.45) is 0 Å². The summed E-state index contributed by atoms with van der Waals surface area (Å²) in [5.74, 6) is 0. The van der Waals surface area contributed by atoms with Crippen LogP contribution in [-0.2, 0) is 11.0 Å². The van der Waals surface area contributed by atoms with E-state index in [1.807, 2.05) is 33.8 Å². The van der Waals surface area contributed by atoms with Crippen LogP contribution in [0.3, 0.4) is 0 Å². The zero-order chi connectivity index (χ0) is 13.2. The molecule has 0 aromatic heterocycles. The van der Waals surface area contributed by atoms with E-state index in [1.165, 1.54) is 5.56 Å². The number of halogens is 1. The van der Waals surface area contributed by atoms with Crippen molar-refractivity contribution in [2.75, 3.05) is 0 Å². The zero-order valence-electron chi connectivity index (χ0n) is 11.0. The summed E-state index contributed by atoms with van der Waals surface area (Å²) in [5.41, 5.74) is 2.35. The summed E-state index contributed by atoms with van der Waals surface area (Å²) in [7, 11) is -1.04. The number of benzene rings is 1. The predicted molar refractivity (Wildman–Crippen MR) is 78.3 cm³/mol. The fourth-order valence-corrected chi connectivity index (χ4v) is 2.40. The van der Waals surface area contributed by atoms with E-state index >= 15 is 0 Å². The first-order chi connectivity index (χ1) is 7.71. The summed E-state index contributed by atoms with van der Waals surface area (Å²) in [4.78, 5) is 0. The summed E-state index contributed by atoms with van der Waals surface area (Å²) in [6, 6.07) is 6.28. The number of hydrogen-bond donors (Lipinski definition) is 1. The molecule has 0 heterocycles. The quantitative estimate of drug-likeness (QED) is 0.900. The Balaban J connectivity index is 2.80. The van der Waals surface area contributed by atoms with Crippen LogP contribution in [0.1, 0.15) is 44.9 Å². The van der Waals surface area contributed by atoms with Gasteiger partial charge in [0.2, 0.25) is 0 Å². The van der Waals surface area contributed by atoms with Crippen molar-refractivity contribution in [3.05, 3.63) is 33.8 Å². The summed E-state index contributed by atoms with van der Waals surface area (Å²) in [6.45, 7) is 9.99. The Hall–Kier alpha value is -0.190. The average Bonchev–Trinajstić information content (AvgIpc) is 2.20. The maximum atomic E-state index is 12.0. The van der Waals surface area contributed by atoms with Crippen molar-refractivity contribution in [2.45, 2.75) is 45.4 Å². The largest absolute Gasteiger partial charge is 0.242 e. The highest BCUT2D eigenvalue weighted by Crippen LogP contribution is 2.22. The van der Waals surface area contributed by atoms with Crippen LogP contribution in [0.15, 0.2) is 22.7 Å². The number of hydrogen-bond acceptors (Lipinski definition) is 1. The van der Waals surface area contributed by atoms with Gasteiger partial charge in [-0.2, -0.15) is 0 Å². The minimum Gasteiger partial charge on any atom is -0.242 e. The zero-order valence-corrected chi connectivity index (χ0v) is 13.4. The van der Waals surface area contributed by atoms with Gasteiger partial charge in [0.25, 0.3) is 0 Å². The summed E-state index contributed by atoms with van der Waals surface area (Å²) in [5, 5.41) is 0. The van der Waals surface area contributed by atoms with E-state index in [4.69, 9.17) is 0 Å². The van der Waals surface area contributed by atoms with Gasteiger partial charge in [-0.05, 0) is 51.8 Å². The Labute approximate surface area is 115 Å². The van der Waals surface area contributed by atoms with Crippen LogP contribution in [0.2, 0.25) is 0 Å². The van der Waals surface area contributed by atoms with E-state index < -0.39 is 11.0 Å². The molecule has 1 N–H and O–H groups in total. The minimum absolute atomic E-state index is 0.0851. The molecule has 0 saturated carbocycles. The molecule has 0 aliphatic carbocycles. The van der Waals surface area contributed by atoms with Gasteiger partial charge in [0.15, 0.2) is 0 Å². The van der Waals surface area contributed by atoms with Crippen molar-refractivity contribution in [1.29, 1.82) is 0 Å². The van der Waals surface area contributed by atoms with Crippen LogP contribution in [-0.4, -0.2) is 8.96 Å². The molecule has 2 atom stereocenters. The van der Waals surface area contributed by atoms with Gasteiger partial charge in [-0.25, -0.2) is 8.93 Å². The molecule has 17 heavy (non-hydrogen) atoms. The highest BCUT2D eigenvalue weighted by Gasteiger charge is 2.21. The molecule has 0 aliphatic heterocycles. The number of rotatable bonds is 3. The van der Waals surface area contributed by atoms with Gasteiger partial charge in [-0.15, -0.1) is 0 Å². The Morgan fingerprint density at radius 2 is 1.94 bits per heavy atom. The van der Waals surface area contributed by atoms with Gasteiger partial charge in [-0.3, -0.25) is 0 Å². The molecule has 0 fully saturated rings.